The number of carbonyl (C=O) groups excluding carboxylic acids is 1. The summed E-state index contributed by atoms with van der Waals surface area (Å²) in [5.41, 5.74) is 1.93. The second-order valence-electron chi connectivity index (χ2n) is 9.66. The van der Waals surface area contributed by atoms with E-state index in [1.165, 1.54) is 25.0 Å². The summed E-state index contributed by atoms with van der Waals surface area (Å²) in [6.07, 6.45) is 5.98. The topological polar surface area (TPSA) is 60.9 Å². The van der Waals surface area contributed by atoms with Gasteiger partial charge in [-0.25, -0.2) is 12.8 Å². The molecular formula is C28H40FN3O3S. The van der Waals surface area contributed by atoms with Crippen molar-refractivity contribution < 1.29 is 17.6 Å². The van der Waals surface area contributed by atoms with Gasteiger partial charge in [-0.05, 0) is 43.2 Å². The van der Waals surface area contributed by atoms with E-state index in [1.807, 2.05) is 24.0 Å². The number of rotatable bonds is 13. The third-order valence-electron chi connectivity index (χ3n) is 6.81. The first-order valence-electron chi connectivity index (χ1n) is 13.1. The van der Waals surface area contributed by atoms with Crippen LogP contribution in [0.5, 0.6) is 0 Å². The Balaban J connectivity index is 1.54. The highest BCUT2D eigenvalue weighted by atomic mass is 32.2. The van der Waals surface area contributed by atoms with Crippen LogP contribution < -0.4 is 0 Å². The Hall–Kier alpha value is -2.29. The van der Waals surface area contributed by atoms with Crippen molar-refractivity contribution in [3.63, 3.8) is 0 Å². The monoisotopic (exact) mass is 517 g/mol. The lowest BCUT2D eigenvalue weighted by molar-refractivity contribution is -0.132. The number of sulfonamides is 1. The minimum atomic E-state index is -3.50. The van der Waals surface area contributed by atoms with Gasteiger partial charge in [0.05, 0.1) is 4.90 Å². The lowest BCUT2D eigenvalue weighted by atomic mass is 10.1. The smallest absolute Gasteiger partial charge is 0.243 e. The fourth-order valence-corrected chi connectivity index (χ4v) is 5.88. The molecule has 2 aromatic rings. The largest absolute Gasteiger partial charge is 0.337 e. The molecule has 8 heteroatoms. The molecule has 1 aliphatic heterocycles. The van der Waals surface area contributed by atoms with Crippen molar-refractivity contribution in [3.8, 4) is 0 Å². The molecule has 0 radical (unpaired) electrons. The highest BCUT2D eigenvalue weighted by molar-refractivity contribution is 7.89. The van der Waals surface area contributed by atoms with Crippen LogP contribution >= 0.6 is 0 Å². The van der Waals surface area contributed by atoms with E-state index in [0.717, 1.165) is 30.4 Å². The first-order chi connectivity index (χ1) is 17.3. The lowest BCUT2D eigenvalue weighted by Gasteiger charge is -2.35. The summed E-state index contributed by atoms with van der Waals surface area (Å²) in [7, 11) is -3.50. The number of piperazine rings is 1. The van der Waals surface area contributed by atoms with Crippen molar-refractivity contribution >= 4 is 15.9 Å². The highest BCUT2D eigenvalue weighted by Gasteiger charge is 2.28. The van der Waals surface area contributed by atoms with Crippen LogP contribution in [0.1, 0.15) is 56.6 Å². The Morgan fingerprint density at radius 3 is 2.19 bits per heavy atom. The summed E-state index contributed by atoms with van der Waals surface area (Å²) in [6, 6.07) is 13.3. The zero-order chi connectivity index (χ0) is 26.0. The minimum absolute atomic E-state index is 0.122. The SMILES string of the molecule is CCCCCCCC(=O)N(CCN1CCN(S(=O)(=O)c2ccc(C)cc2)CC1)Cc1ccc(F)cc1. The maximum absolute atomic E-state index is 13.3. The molecule has 1 amide bonds. The second kappa shape index (κ2) is 13.9. The molecule has 0 aliphatic carbocycles. The Morgan fingerprint density at radius 1 is 0.917 bits per heavy atom. The zero-order valence-corrected chi connectivity index (χ0v) is 22.5. The molecule has 3 rings (SSSR count). The quantitative estimate of drug-likeness (QED) is 0.357. The van der Waals surface area contributed by atoms with Crippen molar-refractivity contribution in [1.82, 2.24) is 14.1 Å². The van der Waals surface area contributed by atoms with Crippen molar-refractivity contribution in [2.45, 2.75) is 63.8 Å². The van der Waals surface area contributed by atoms with Gasteiger partial charge in [-0.1, -0.05) is 62.4 Å². The molecule has 0 aromatic heterocycles. The van der Waals surface area contributed by atoms with E-state index in [0.29, 0.717) is 57.1 Å². The Labute approximate surface area is 216 Å². The van der Waals surface area contributed by atoms with E-state index in [-0.39, 0.29) is 11.7 Å². The second-order valence-corrected chi connectivity index (χ2v) is 11.6. The number of amides is 1. The third-order valence-corrected chi connectivity index (χ3v) is 8.72. The summed E-state index contributed by atoms with van der Waals surface area (Å²) in [4.78, 5) is 17.4. The number of nitrogens with zero attached hydrogens (tertiary/aromatic N) is 3. The van der Waals surface area contributed by atoms with Crippen LogP contribution in [0.25, 0.3) is 0 Å². The lowest BCUT2D eigenvalue weighted by Crippen LogP contribution is -2.50. The number of hydrogen-bond donors (Lipinski definition) is 0. The predicted octanol–water partition coefficient (Wildman–Crippen LogP) is 4.83. The summed E-state index contributed by atoms with van der Waals surface area (Å²) < 4.78 is 40.9. The fraction of sp³-hybridized carbons (Fsp3) is 0.536. The molecule has 2 aromatic carbocycles. The van der Waals surface area contributed by atoms with Crippen LogP contribution in [0.15, 0.2) is 53.4 Å². The van der Waals surface area contributed by atoms with Gasteiger partial charge in [0.15, 0.2) is 0 Å². The molecule has 0 bridgehead atoms. The van der Waals surface area contributed by atoms with Crippen LogP contribution in [-0.4, -0.2) is 67.7 Å². The highest BCUT2D eigenvalue weighted by Crippen LogP contribution is 2.18. The third kappa shape index (κ3) is 8.39. The van der Waals surface area contributed by atoms with Crippen LogP contribution in [0, 0.1) is 12.7 Å². The first-order valence-corrected chi connectivity index (χ1v) is 14.5. The number of unbranched alkanes of at least 4 members (excludes halogenated alkanes) is 4. The van der Waals surface area contributed by atoms with Gasteiger partial charge in [0.25, 0.3) is 0 Å². The van der Waals surface area contributed by atoms with Gasteiger partial charge in [0.1, 0.15) is 5.82 Å². The van der Waals surface area contributed by atoms with E-state index < -0.39 is 10.0 Å². The average Bonchev–Trinajstić information content (AvgIpc) is 2.88. The molecule has 1 saturated heterocycles. The normalized spacial score (nSPS) is 15.2. The number of aryl methyl sites for hydroxylation is 1. The molecule has 1 heterocycles. The van der Waals surface area contributed by atoms with Crippen LogP contribution in [-0.2, 0) is 21.4 Å². The molecule has 1 fully saturated rings. The Morgan fingerprint density at radius 2 is 1.56 bits per heavy atom. The van der Waals surface area contributed by atoms with E-state index in [4.69, 9.17) is 0 Å². The molecular weight excluding hydrogens is 477 g/mol. The summed E-state index contributed by atoms with van der Waals surface area (Å²) in [6.45, 7) is 7.92. The summed E-state index contributed by atoms with van der Waals surface area (Å²) in [5.74, 6) is -0.164. The van der Waals surface area contributed by atoms with Gasteiger partial charge < -0.3 is 4.90 Å². The standard InChI is InChI=1S/C28H40FN3O3S/c1-3-4-5-6-7-8-28(33)31(23-25-11-13-26(29)14-12-25)20-17-30-18-21-32(22-19-30)36(34,35)27-15-9-24(2)10-16-27/h9-16H,3-8,17-23H2,1-2H3. The van der Waals surface area contributed by atoms with Crippen molar-refractivity contribution in [1.29, 1.82) is 0 Å². The van der Waals surface area contributed by atoms with Crippen LogP contribution in [0.4, 0.5) is 4.39 Å². The molecule has 198 valence electrons. The number of carbonyl (C=O) groups is 1. The molecule has 0 N–H and O–H groups in total. The molecule has 0 spiro atoms. The molecule has 36 heavy (non-hydrogen) atoms. The van der Waals surface area contributed by atoms with E-state index >= 15 is 0 Å². The van der Waals surface area contributed by atoms with Crippen molar-refractivity contribution in [3.05, 3.63) is 65.5 Å². The number of hydrogen-bond acceptors (Lipinski definition) is 4. The first kappa shape index (κ1) is 28.3. The summed E-state index contributed by atoms with van der Waals surface area (Å²) >= 11 is 0. The molecule has 1 aliphatic rings. The van der Waals surface area contributed by atoms with Crippen LogP contribution in [0.2, 0.25) is 0 Å². The van der Waals surface area contributed by atoms with Gasteiger partial charge in [-0.15, -0.1) is 0 Å². The molecule has 0 unspecified atom stereocenters. The summed E-state index contributed by atoms with van der Waals surface area (Å²) in [5, 5.41) is 0. The molecule has 6 nitrogen and oxygen atoms in total. The number of halogens is 1. The molecule has 0 atom stereocenters. The average molecular weight is 518 g/mol. The Kier molecular flexibility index (Phi) is 10.9. The van der Waals surface area contributed by atoms with Gasteiger partial charge in [-0.3, -0.25) is 9.69 Å². The maximum atomic E-state index is 13.3. The van der Waals surface area contributed by atoms with E-state index in [2.05, 4.69) is 11.8 Å². The minimum Gasteiger partial charge on any atom is -0.337 e. The van der Waals surface area contributed by atoms with Gasteiger partial charge in [-0.2, -0.15) is 4.31 Å². The van der Waals surface area contributed by atoms with E-state index in [9.17, 15) is 17.6 Å². The van der Waals surface area contributed by atoms with E-state index in [1.54, 1.807) is 28.6 Å². The van der Waals surface area contributed by atoms with Gasteiger partial charge >= 0.3 is 0 Å². The van der Waals surface area contributed by atoms with Crippen LogP contribution in [0.3, 0.4) is 0 Å². The van der Waals surface area contributed by atoms with Gasteiger partial charge in [0, 0.05) is 52.2 Å². The predicted molar refractivity (Wildman–Crippen MR) is 142 cm³/mol. The maximum Gasteiger partial charge on any atom is 0.243 e. The van der Waals surface area contributed by atoms with Crippen molar-refractivity contribution in [2.75, 3.05) is 39.3 Å². The van der Waals surface area contributed by atoms with Gasteiger partial charge in [0.2, 0.25) is 15.9 Å². The van der Waals surface area contributed by atoms with Crippen molar-refractivity contribution in [2.24, 2.45) is 0 Å². The number of benzene rings is 2. The Bertz CT molecular complexity index is 1050. The zero-order valence-electron chi connectivity index (χ0n) is 21.7. The fourth-order valence-electron chi connectivity index (χ4n) is 4.45. The molecule has 0 saturated carbocycles.